The average molecular weight is 213 g/mol. The van der Waals surface area contributed by atoms with Crippen LogP contribution in [0.4, 0.5) is 4.79 Å². The molecule has 1 heterocycles. The molecule has 15 heavy (non-hydrogen) atoms. The molecule has 0 bridgehead atoms. The summed E-state index contributed by atoms with van der Waals surface area (Å²) in [5, 5.41) is 0. The van der Waals surface area contributed by atoms with Gasteiger partial charge in [0.1, 0.15) is 0 Å². The number of carbonyl (C=O) groups is 1. The molecular weight excluding hydrogens is 190 g/mol. The lowest BCUT2D eigenvalue weighted by Crippen LogP contribution is -2.32. The highest BCUT2D eigenvalue weighted by atomic mass is 16.5. The van der Waals surface area contributed by atoms with Crippen LogP contribution < -0.4 is 0 Å². The lowest BCUT2D eigenvalue weighted by atomic mass is 10.1. The molecule has 0 atom stereocenters. The summed E-state index contributed by atoms with van der Waals surface area (Å²) in [4.78, 5) is 13.3. The lowest BCUT2D eigenvalue weighted by molar-refractivity contribution is 0.122. The van der Waals surface area contributed by atoms with E-state index in [9.17, 15) is 4.79 Å². The minimum Gasteiger partial charge on any atom is -0.453 e. The van der Waals surface area contributed by atoms with Crippen LogP contribution in [0.3, 0.4) is 0 Å². The molecule has 3 nitrogen and oxygen atoms in total. The smallest absolute Gasteiger partial charge is 0.409 e. The first-order valence-corrected chi connectivity index (χ1v) is 6.17. The molecule has 1 amide bonds. The molecule has 0 aromatic carbocycles. The van der Waals surface area contributed by atoms with Gasteiger partial charge in [-0.2, -0.15) is 0 Å². The van der Waals surface area contributed by atoms with Crippen molar-refractivity contribution < 1.29 is 9.53 Å². The number of nitrogens with zero attached hydrogens (tertiary/aromatic N) is 1. The van der Waals surface area contributed by atoms with Gasteiger partial charge in [-0.25, -0.2) is 4.79 Å². The second-order valence-corrected chi connectivity index (χ2v) is 4.29. The van der Waals surface area contributed by atoms with Crippen molar-refractivity contribution in [2.45, 2.75) is 51.4 Å². The second-order valence-electron chi connectivity index (χ2n) is 4.29. The van der Waals surface area contributed by atoms with Crippen LogP contribution in [0.2, 0.25) is 0 Å². The van der Waals surface area contributed by atoms with Crippen LogP contribution in [0.25, 0.3) is 0 Å². The Morgan fingerprint density at radius 3 is 1.67 bits per heavy atom. The topological polar surface area (TPSA) is 29.5 Å². The van der Waals surface area contributed by atoms with Gasteiger partial charge in [-0.05, 0) is 12.8 Å². The minimum absolute atomic E-state index is 0.158. The van der Waals surface area contributed by atoms with Gasteiger partial charge in [-0.15, -0.1) is 0 Å². The number of carbonyl (C=O) groups excluding carboxylic acids is 1. The van der Waals surface area contributed by atoms with Crippen molar-refractivity contribution in [1.29, 1.82) is 0 Å². The Kier molecular flexibility index (Phi) is 6.21. The standard InChI is InChI=1S/C12H23NO2/c1-15-12(14)13-10-8-6-4-2-3-5-7-9-11-13/h2-11H2,1H3. The molecule has 0 saturated carbocycles. The van der Waals surface area contributed by atoms with E-state index in [1.54, 1.807) is 0 Å². The van der Waals surface area contributed by atoms with Gasteiger partial charge in [0.15, 0.2) is 0 Å². The lowest BCUT2D eigenvalue weighted by Gasteiger charge is -2.20. The Morgan fingerprint density at radius 2 is 1.27 bits per heavy atom. The second kappa shape index (κ2) is 7.55. The van der Waals surface area contributed by atoms with Crippen LogP contribution >= 0.6 is 0 Å². The molecule has 1 fully saturated rings. The third kappa shape index (κ3) is 5.05. The quantitative estimate of drug-likeness (QED) is 0.618. The molecular formula is C12H23NO2. The van der Waals surface area contributed by atoms with Crippen LogP contribution in [0.1, 0.15) is 51.4 Å². The van der Waals surface area contributed by atoms with E-state index in [1.807, 2.05) is 4.90 Å². The van der Waals surface area contributed by atoms with Crippen molar-refractivity contribution in [1.82, 2.24) is 4.90 Å². The molecule has 3 heteroatoms. The van der Waals surface area contributed by atoms with Gasteiger partial charge in [0, 0.05) is 13.1 Å². The van der Waals surface area contributed by atoms with Crippen molar-refractivity contribution in [3.63, 3.8) is 0 Å². The maximum absolute atomic E-state index is 11.4. The van der Waals surface area contributed by atoms with Crippen LogP contribution in [0.5, 0.6) is 0 Å². The fourth-order valence-electron chi connectivity index (χ4n) is 2.09. The summed E-state index contributed by atoms with van der Waals surface area (Å²) in [7, 11) is 1.47. The molecule has 0 N–H and O–H groups in total. The monoisotopic (exact) mass is 213 g/mol. The van der Waals surface area contributed by atoms with Crippen molar-refractivity contribution in [2.24, 2.45) is 0 Å². The fraction of sp³-hybridized carbons (Fsp3) is 0.917. The highest BCUT2D eigenvalue weighted by Crippen LogP contribution is 2.12. The predicted octanol–water partition coefficient (Wildman–Crippen LogP) is 3.19. The first kappa shape index (κ1) is 12.3. The van der Waals surface area contributed by atoms with Gasteiger partial charge in [0.25, 0.3) is 0 Å². The molecule has 88 valence electrons. The van der Waals surface area contributed by atoms with E-state index in [2.05, 4.69) is 0 Å². The molecule has 1 rings (SSSR count). The zero-order chi connectivity index (χ0) is 10.9. The summed E-state index contributed by atoms with van der Waals surface area (Å²) in [6.45, 7) is 1.74. The maximum Gasteiger partial charge on any atom is 0.409 e. The minimum atomic E-state index is -0.158. The maximum atomic E-state index is 11.4. The van der Waals surface area contributed by atoms with Gasteiger partial charge in [0.05, 0.1) is 7.11 Å². The Labute approximate surface area is 92.8 Å². The molecule has 0 spiro atoms. The van der Waals surface area contributed by atoms with Gasteiger partial charge in [0.2, 0.25) is 0 Å². The average Bonchev–Trinajstić information content (AvgIpc) is 2.32. The van der Waals surface area contributed by atoms with Crippen LogP contribution in [-0.2, 0) is 4.74 Å². The summed E-state index contributed by atoms with van der Waals surface area (Å²) in [6.07, 6.45) is 9.92. The molecule has 0 radical (unpaired) electrons. The summed E-state index contributed by atoms with van der Waals surface area (Å²) >= 11 is 0. The van der Waals surface area contributed by atoms with Crippen LogP contribution in [0, 0.1) is 0 Å². The molecule has 0 aliphatic carbocycles. The van der Waals surface area contributed by atoms with Crippen molar-refractivity contribution in [3.05, 3.63) is 0 Å². The molecule has 0 aromatic heterocycles. The van der Waals surface area contributed by atoms with E-state index in [4.69, 9.17) is 4.74 Å². The third-order valence-electron chi connectivity index (χ3n) is 3.04. The largest absolute Gasteiger partial charge is 0.453 e. The molecule has 0 aromatic rings. The molecule has 1 aliphatic rings. The van der Waals surface area contributed by atoms with Crippen LogP contribution in [-0.4, -0.2) is 31.2 Å². The number of amides is 1. The Hall–Kier alpha value is -0.730. The first-order chi connectivity index (χ1) is 7.34. The van der Waals surface area contributed by atoms with E-state index in [0.717, 1.165) is 25.9 Å². The Bertz CT molecular complexity index is 170. The molecule has 0 unspecified atom stereocenters. The van der Waals surface area contributed by atoms with E-state index < -0.39 is 0 Å². The predicted molar refractivity (Wildman–Crippen MR) is 60.9 cm³/mol. The highest BCUT2D eigenvalue weighted by Gasteiger charge is 2.12. The third-order valence-corrected chi connectivity index (χ3v) is 3.04. The number of rotatable bonds is 0. The number of methoxy groups -OCH3 is 1. The normalized spacial score (nSPS) is 20.5. The van der Waals surface area contributed by atoms with Crippen molar-refractivity contribution in [3.8, 4) is 0 Å². The number of ether oxygens (including phenoxy) is 1. The van der Waals surface area contributed by atoms with Gasteiger partial charge >= 0.3 is 6.09 Å². The van der Waals surface area contributed by atoms with Crippen molar-refractivity contribution in [2.75, 3.05) is 20.2 Å². The first-order valence-electron chi connectivity index (χ1n) is 6.17. The SMILES string of the molecule is COC(=O)N1CCCCCCCCCC1. The summed E-state index contributed by atoms with van der Waals surface area (Å²) in [5.41, 5.74) is 0. The van der Waals surface area contributed by atoms with E-state index in [-0.39, 0.29) is 6.09 Å². The summed E-state index contributed by atoms with van der Waals surface area (Å²) in [6, 6.07) is 0. The molecule has 1 aliphatic heterocycles. The summed E-state index contributed by atoms with van der Waals surface area (Å²) in [5.74, 6) is 0. The Morgan fingerprint density at radius 1 is 0.867 bits per heavy atom. The highest BCUT2D eigenvalue weighted by molar-refractivity contribution is 5.67. The zero-order valence-electron chi connectivity index (χ0n) is 9.83. The zero-order valence-corrected chi connectivity index (χ0v) is 9.83. The van der Waals surface area contributed by atoms with E-state index in [0.29, 0.717) is 0 Å². The van der Waals surface area contributed by atoms with Gasteiger partial charge in [-0.1, -0.05) is 38.5 Å². The summed E-state index contributed by atoms with van der Waals surface area (Å²) < 4.78 is 4.78. The number of hydrogen-bond acceptors (Lipinski definition) is 2. The number of hydrogen-bond donors (Lipinski definition) is 0. The van der Waals surface area contributed by atoms with Gasteiger partial charge < -0.3 is 9.64 Å². The molecule has 1 saturated heterocycles. The fourth-order valence-corrected chi connectivity index (χ4v) is 2.09. The van der Waals surface area contributed by atoms with Gasteiger partial charge in [-0.3, -0.25) is 0 Å². The van der Waals surface area contributed by atoms with Crippen molar-refractivity contribution >= 4 is 6.09 Å². The van der Waals surface area contributed by atoms with E-state index in [1.165, 1.54) is 45.6 Å². The van der Waals surface area contributed by atoms with E-state index >= 15 is 0 Å². The van der Waals surface area contributed by atoms with Crippen LogP contribution in [0.15, 0.2) is 0 Å². The Balaban J connectivity index is 2.35.